The molecule has 56 heteroatoms. The summed E-state index contributed by atoms with van der Waals surface area (Å²) < 4.78 is 363. The number of aliphatic hydroxyl groups excluding tert-OH is 6. The lowest BCUT2D eigenvalue weighted by Gasteiger charge is -2.51. The summed E-state index contributed by atoms with van der Waals surface area (Å²) in [7, 11) is -46.8. The molecule has 514 valence electrons. The van der Waals surface area contributed by atoms with Crippen molar-refractivity contribution in [1.29, 1.82) is 0 Å². The van der Waals surface area contributed by atoms with Crippen LogP contribution >= 0.6 is 0 Å². The van der Waals surface area contributed by atoms with Crippen LogP contribution in [0, 0.1) is 0 Å². The highest BCUT2D eigenvalue weighted by molar-refractivity contribution is 7.84. The SMILES string of the molecule is CO[C@@H]1OC(COS(=O)(=O)[O-])[C@@H](O[C@@H]2OC(C)[C@H](O[C@@H]3OC(COS(=O)(=O)[O-])[C@@H](O[C@@H]4OC(C)[C@@H](O[C@@H]5OC(COS(=O)(=O)[O-])[C@@H](O)[C@H](O)C5NS(=O)(=O)[O-])[C@H](O)C4O)[C@H](OS(=O)(=O)[O-])C3NS(=O)(=O)[O-])[C@@H](O)C2OS(=O)(=O)[O-])[C@H](O)C1NS(=O)(=O)[O-]. The van der Waals surface area contributed by atoms with Crippen LogP contribution in [0.4, 0.5) is 0 Å². The summed E-state index contributed by atoms with van der Waals surface area (Å²) in [6, 6.07) is -7.82. The van der Waals surface area contributed by atoms with Crippen molar-refractivity contribution in [3.63, 3.8) is 0 Å². The Labute approximate surface area is 491 Å². The average Bonchev–Trinajstić information content (AvgIpc) is 0.928. The van der Waals surface area contributed by atoms with Gasteiger partial charge < -0.3 is 114 Å². The van der Waals surface area contributed by atoms with E-state index in [1.807, 2.05) is 0 Å². The first-order valence-electron chi connectivity index (χ1n) is 23.1. The van der Waals surface area contributed by atoms with Crippen LogP contribution in [-0.4, -0.2) is 315 Å². The van der Waals surface area contributed by atoms with Gasteiger partial charge in [0.2, 0.25) is 52.0 Å². The Morgan fingerprint density at radius 3 is 1.15 bits per heavy atom. The van der Waals surface area contributed by atoms with Gasteiger partial charge in [0, 0.05) is 7.11 Å². The molecule has 0 bridgehead atoms. The molecule has 10 unspecified atom stereocenters. The van der Waals surface area contributed by atoms with E-state index in [9.17, 15) is 134 Å². The highest BCUT2D eigenvalue weighted by Crippen LogP contribution is 2.38. The normalized spacial score (nSPS) is 40.0. The van der Waals surface area contributed by atoms with Crippen LogP contribution in [0.25, 0.3) is 0 Å². The molecule has 0 aromatic heterocycles. The summed E-state index contributed by atoms with van der Waals surface area (Å²) in [4.78, 5) is 0. The van der Waals surface area contributed by atoms with Crippen molar-refractivity contribution >= 4 is 82.9 Å². The van der Waals surface area contributed by atoms with Gasteiger partial charge in [-0.25, -0.2) is 81.5 Å². The Morgan fingerprint density at radius 2 is 0.701 bits per heavy atom. The first kappa shape index (κ1) is 76.0. The largest absolute Gasteiger partial charge is 0.735 e. The minimum absolute atomic E-state index is 0.760. The summed E-state index contributed by atoms with van der Waals surface area (Å²) in [6.45, 7) is -3.25. The van der Waals surface area contributed by atoms with E-state index in [4.69, 9.17) is 47.4 Å². The van der Waals surface area contributed by atoms with Crippen molar-refractivity contribution in [3.05, 3.63) is 0 Å². The molecule has 25 atom stereocenters. The van der Waals surface area contributed by atoms with E-state index in [1.165, 1.54) is 9.44 Å². The van der Waals surface area contributed by atoms with E-state index < -0.39 is 256 Å². The second kappa shape index (κ2) is 28.9. The van der Waals surface area contributed by atoms with Gasteiger partial charge in [-0.05, 0) is 13.8 Å². The molecule has 0 aromatic carbocycles. The summed E-state index contributed by atoms with van der Waals surface area (Å²) in [6.07, 6.45) is -56.7. The smallest absolute Gasteiger partial charge is 0.218 e. The number of aliphatic hydroxyl groups is 6. The van der Waals surface area contributed by atoms with Gasteiger partial charge in [0.25, 0.3) is 0 Å². The van der Waals surface area contributed by atoms with Crippen LogP contribution in [0.5, 0.6) is 0 Å². The van der Waals surface area contributed by atoms with Gasteiger partial charge in [-0.3, -0.25) is 20.9 Å². The molecule has 0 aromatic rings. The maximum absolute atomic E-state index is 12.5. The summed E-state index contributed by atoms with van der Waals surface area (Å²) in [5, 5.41) is 66.8. The van der Waals surface area contributed by atoms with Crippen molar-refractivity contribution in [2.45, 2.75) is 167 Å². The van der Waals surface area contributed by atoms with Gasteiger partial charge in [0.05, 0.1) is 32.0 Å². The number of nitrogens with one attached hydrogen (secondary N) is 3. The van der Waals surface area contributed by atoms with Crippen molar-refractivity contribution in [3.8, 4) is 0 Å². The van der Waals surface area contributed by atoms with Crippen LogP contribution in [0.1, 0.15) is 13.8 Å². The molecule has 0 spiro atoms. The fourth-order valence-electron chi connectivity index (χ4n) is 8.96. The van der Waals surface area contributed by atoms with E-state index in [2.05, 4.69) is 20.9 Å². The molecule has 5 rings (SSSR count). The third-order valence-electron chi connectivity index (χ3n) is 12.4. The molecule has 87 heavy (non-hydrogen) atoms. The molecule has 0 aliphatic carbocycles. The van der Waals surface area contributed by atoms with Crippen LogP contribution < -0.4 is 14.2 Å². The Balaban J connectivity index is 1.53. The molecule has 0 saturated carbocycles. The maximum Gasteiger partial charge on any atom is 0.218 e. The van der Waals surface area contributed by atoms with Crippen LogP contribution in [0.3, 0.4) is 0 Å². The van der Waals surface area contributed by atoms with Crippen LogP contribution in [0.15, 0.2) is 0 Å². The molecular formula is C31H49N3O45S8-8. The maximum atomic E-state index is 12.5. The van der Waals surface area contributed by atoms with E-state index >= 15 is 0 Å². The Kier molecular flexibility index (Phi) is 25.3. The summed E-state index contributed by atoms with van der Waals surface area (Å²) in [5.41, 5.74) is 0. The Morgan fingerprint density at radius 1 is 0.345 bits per heavy atom. The zero-order valence-electron chi connectivity index (χ0n) is 42.9. The summed E-state index contributed by atoms with van der Waals surface area (Å²) in [5.74, 6) is 0. The van der Waals surface area contributed by atoms with Crippen LogP contribution in [0.2, 0.25) is 0 Å². The van der Waals surface area contributed by atoms with Crippen molar-refractivity contribution < 1.29 is 203 Å². The van der Waals surface area contributed by atoms with E-state index in [1.54, 1.807) is 0 Å². The summed E-state index contributed by atoms with van der Waals surface area (Å²) >= 11 is 0. The molecule has 5 saturated heterocycles. The van der Waals surface area contributed by atoms with Gasteiger partial charge in [-0.2, -0.15) is 0 Å². The second-order valence-corrected chi connectivity index (χ2v) is 27.0. The van der Waals surface area contributed by atoms with E-state index in [0.29, 0.717) is 0 Å². The lowest BCUT2D eigenvalue weighted by atomic mass is 9.94. The molecule has 0 radical (unpaired) electrons. The number of hydrogen-bond acceptors (Lipinski definition) is 45. The molecule has 9 N–H and O–H groups in total. The minimum Gasteiger partial charge on any atom is -0.735 e. The van der Waals surface area contributed by atoms with Gasteiger partial charge in [0.15, 0.2) is 68.5 Å². The Bertz CT molecular complexity index is 3270. The van der Waals surface area contributed by atoms with Crippen LogP contribution in [-0.2, 0) is 151 Å². The minimum atomic E-state index is -6.45. The molecule has 5 aliphatic heterocycles. The quantitative estimate of drug-likeness (QED) is 0.0259. The highest BCUT2D eigenvalue weighted by atomic mass is 32.3. The molecular weight excluding hydrogens is 1390 g/mol. The van der Waals surface area contributed by atoms with Crippen molar-refractivity contribution in [2.75, 3.05) is 26.9 Å². The van der Waals surface area contributed by atoms with E-state index in [-0.39, 0.29) is 0 Å². The topological polar surface area (TPSA) is 754 Å². The third kappa shape index (κ3) is 22.5. The molecule has 48 nitrogen and oxygen atoms in total. The van der Waals surface area contributed by atoms with Gasteiger partial charge in [-0.1, -0.05) is 0 Å². The first-order valence-corrected chi connectivity index (χ1v) is 34.0. The zero-order valence-corrected chi connectivity index (χ0v) is 49.5. The van der Waals surface area contributed by atoms with Gasteiger partial charge >= 0.3 is 0 Å². The Hall–Kier alpha value is -1.68. The average molecular weight is 1440 g/mol. The second-order valence-electron chi connectivity index (χ2n) is 18.4. The standard InChI is InChI=1S/C31H57N3O45S8/c1-7-21(74-28-12(32-80(41,42)43)16(36)15(35)9(71-28)4-66-83(50,51)52)18(38)19(39)30(69-7)77-24-11(6-68-85(56,57)58)73-29(14(34-82(47,48)49)25(24)78-86(59,60)61)75-22-8(2)70-31(26(20(22)40)79-87(62,63)64)76-23-10(5-67-84(53,54)55)72-27(65-3)13(17(23)37)33-81(44,45)46/h7-40H,4-6H2,1-3H3,(H,41,42,43)(H,44,45,46)(H,47,48,49)(H,50,51,52)(H,53,54,55)(H,56,57,58)(H,59,60,61)(H,62,63,64)/p-8/t7?,8?,9?,10?,11?,12?,13?,14?,15-,16-,17-,18-,19?,20-,21-,22+,23-,24-,25-,26?,27-,28+,29+,30+,31+/m1/s1. The third-order valence-corrected chi connectivity index (χ3v) is 16.2. The van der Waals surface area contributed by atoms with E-state index in [0.717, 1.165) is 25.7 Å². The molecule has 5 aliphatic rings. The predicted octanol–water partition coefficient (Wildman–Crippen LogP) is -14.6. The van der Waals surface area contributed by atoms with Crippen molar-refractivity contribution in [2.24, 2.45) is 0 Å². The first-order chi connectivity index (χ1) is 39.3. The lowest BCUT2D eigenvalue weighted by Crippen LogP contribution is -2.70. The highest BCUT2D eigenvalue weighted by Gasteiger charge is 2.58. The van der Waals surface area contributed by atoms with Gasteiger partial charge in [0.1, 0.15) is 104 Å². The monoisotopic (exact) mass is 1440 g/mol. The van der Waals surface area contributed by atoms with Gasteiger partial charge in [-0.15, -0.1) is 0 Å². The number of methoxy groups -OCH3 is 1. The zero-order chi connectivity index (χ0) is 66.3. The number of hydrogen-bond donors (Lipinski definition) is 9. The molecule has 0 amide bonds. The fourth-order valence-corrected chi connectivity index (χ4v) is 12.6. The number of rotatable bonds is 28. The lowest BCUT2D eigenvalue weighted by molar-refractivity contribution is -0.374. The molecule has 5 heterocycles. The van der Waals surface area contributed by atoms with Crippen molar-refractivity contribution in [1.82, 2.24) is 14.2 Å². The number of ether oxygens (including phenoxy) is 10. The molecule has 5 fully saturated rings. The predicted molar refractivity (Wildman–Crippen MR) is 243 cm³/mol. The fraction of sp³-hybridized carbons (Fsp3) is 1.00.